The van der Waals surface area contributed by atoms with Crippen molar-refractivity contribution in [3.8, 4) is 5.75 Å². The fourth-order valence-corrected chi connectivity index (χ4v) is 7.94. The third kappa shape index (κ3) is 7.41. The first-order valence-electron chi connectivity index (χ1n) is 15.0. The molecule has 2 N–H and O–H groups in total. The van der Waals surface area contributed by atoms with Gasteiger partial charge in [-0.1, -0.05) is 43.2 Å². The third-order valence-electron chi connectivity index (χ3n) is 7.93. The summed E-state index contributed by atoms with van der Waals surface area (Å²) in [6.45, 7) is 4.15. The number of nitrogens with zero attached hydrogens (tertiary/aromatic N) is 3. The Balaban J connectivity index is 1.27. The Morgan fingerprint density at radius 3 is 2.58 bits per heavy atom. The number of rotatable bonds is 12. The second kappa shape index (κ2) is 14.4. The Kier molecular flexibility index (Phi) is 10.4. The molecule has 0 aliphatic heterocycles. The fourth-order valence-electron chi connectivity index (χ4n) is 5.72. The van der Waals surface area contributed by atoms with Gasteiger partial charge in [0.25, 0.3) is 0 Å². The standard InChI is InChI=1S/C31H39N5O5S2/c1-4-41-30(39)27-23-11-8-12-24(23)43-29(27)33-28(38)19(2)42-31-35-34-25(36(31)21-9-6-5-7-10-21)18-32-26(37)17-20-13-15-22(40-3)16-14-20/h13-16,19,21H,4-12,17-18H2,1-3H3,(H,32,37)(H,33,38)/t19-/m0/s1. The number of hydrogen-bond donors (Lipinski definition) is 2. The van der Waals surface area contributed by atoms with E-state index in [2.05, 4.69) is 25.4 Å². The van der Waals surface area contributed by atoms with Gasteiger partial charge >= 0.3 is 5.97 Å². The van der Waals surface area contributed by atoms with E-state index in [1.54, 1.807) is 14.0 Å². The van der Waals surface area contributed by atoms with Crippen LogP contribution in [0, 0.1) is 0 Å². The number of thiophene rings is 1. The van der Waals surface area contributed by atoms with Crippen LogP contribution in [0.4, 0.5) is 5.00 Å². The number of ether oxygens (including phenoxy) is 2. The summed E-state index contributed by atoms with van der Waals surface area (Å²) in [6, 6.07) is 7.65. The zero-order chi connectivity index (χ0) is 30.3. The molecule has 0 saturated heterocycles. The van der Waals surface area contributed by atoms with Crippen LogP contribution in [0.5, 0.6) is 5.75 Å². The predicted octanol–water partition coefficient (Wildman–Crippen LogP) is 5.50. The number of esters is 1. The molecular formula is C31H39N5O5S2. The summed E-state index contributed by atoms with van der Waals surface area (Å²) < 4.78 is 12.6. The van der Waals surface area contributed by atoms with Crippen molar-refractivity contribution in [3.05, 3.63) is 51.7 Å². The van der Waals surface area contributed by atoms with Gasteiger partial charge in [-0.2, -0.15) is 0 Å². The van der Waals surface area contributed by atoms with E-state index in [4.69, 9.17) is 9.47 Å². The number of hydrogen-bond acceptors (Lipinski definition) is 9. The lowest BCUT2D eigenvalue weighted by Crippen LogP contribution is -2.28. The molecule has 1 fully saturated rings. The van der Waals surface area contributed by atoms with Crippen LogP contribution >= 0.6 is 23.1 Å². The maximum atomic E-state index is 13.4. The number of aromatic nitrogens is 3. The highest BCUT2D eigenvalue weighted by Crippen LogP contribution is 2.40. The summed E-state index contributed by atoms with van der Waals surface area (Å²) in [5.41, 5.74) is 2.41. The molecule has 5 rings (SSSR count). The van der Waals surface area contributed by atoms with Gasteiger partial charge in [0.05, 0.1) is 37.5 Å². The van der Waals surface area contributed by atoms with Crippen molar-refractivity contribution in [2.24, 2.45) is 0 Å². The average Bonchev–Trinajstić information content (AvgIpc) is 3.71. The molecule has 1 atom stereocenters. The number of aryl methyl sites for hydroxylation is 1. The van der Waals surface area contributed by atoms with Crippen molar-refractivity contribution < 1.29 is 23.9 Å². The SMILES string of the molecule is CCOC(=O)c1c(NC(=O)[C@H](C)Sc2nnc(CNC(=O)Cc3ccc(OC)cc3)n2C2CCCCC2)sc2c1CCC2. The van der Waals surface area contributed by atoms with Crippen molar-refractivity contribution in [1.82, 2.24) is 20.1 Å². The Morgan fingerprint density at radius 2 is 1.86 bits per heavy atom. The molecule has 1 saturated carbocycles. The quantitative estimate of drug-likeness (QED) is 0.200. The van der Waals surface area contributed by atoms with Gasteiger partial charge < -0.3 is 24.7 Å². The van der Waals surface area contributed by atoms with E-state index in [0.717, 1.165) is 66.7 Å². The molecule has 0 spiro atoms. The number of carbonyl (C=O) groups excluding carboxylic acids is 3. The number of carbonyl (C=O) groups is 3. The van der Waals surface area contributed by atoms with Gasteiger partial charge in [-0.05, 0) is 69.2 Å². The Bertz CT molecular complexity index is 1450. The summed E-state index contributed by atoms with van der Waals surface area (Å²) in [4.78, 5) is 40.1. The smallest absolute Gasteiger partial charge is 0.341 e. The Hall–Kier alpha value is -3.38. The minimum atomic E-state index is -0.490. The molecule has 3 aromatic rings. The minimum Gasteiger partial charge on any atom is -0.497 e. The molecule has 0 unspecified atom stereocenters. The van der Waals surface area contributed by atoms with Crippen LogP contribution in [0.3, 0.4) is 0 Å². The first-order valence-corrected chi connectivity index (χ1v) is 16.7. The van der Waals surface area contributed by atoms with Gasteiger partial charge in [0.1, 0.15) is 10.8 Å². The maximum absolute atomic E-state index is 13.4. The molecule has 2 heterocycles. The van der Waals surface area contributed by atoms with E-state index >= 15 is 0 Å². The Morgan fingerprint density at radius 1 is 1.09 bits per heavy atom. The van der Waals surface area contributed by atoms with E-state index in [0.29, 0.717) is 21.5 Å². The molecule has 1 aromatic carbocycles. The van der Waals surface area contributed by atoms with Crippen LogP contribution < -0.4 is 15.4 Å². The molecule has 43 heavy (non-hydrogen) atoms. The zero-order valence-corrected chi connectivity index (χ0v) is 26.6. The highest BCUT2D eigenvalue weighted by Gasteiger charge is 2.30. The van der Waals surface area contributed by atoms with E-state index in [-0.39, 0.29) is 43.4 Å². The summed E-state index contributed by atoms with van der Waals surface area (Å²) in [7, 11) is 1.61. The first kappa shape index (κ1) is 31.1. The second-order valence-electron chi connectivity index (χ2n) is 10.9. The van der Waals surface area contributed by atoms with E-state index in [1.165, 1.54) is 29.5 Å². The molecule has 2 amide bonds. The predicted molar refractivity (Wildman–Crippen MR) is 167 cm³/mol. The van der Waals surface area contributed by atoms with Crippen molar-refractivity contribution in [1.29, 1.82) is 0 Å². The maximum Gasteiger partial charge on any atom is 0.341 e. The minimum absolute atomic E-state index is 0.106. The number of benzene rings is 1. The molecule has 0 bridgehead atoms. The highest BCUT2D eigenvalue weighted by molar-refractivity contribution is 8.00. The lowest BCUT2D eigenvalue weighted by atomic mass is 9.95. The number of methoxy groups -OCH3 is 1. The molecule has 10 nitrogen and oxygen atoms in total. The number of thioether (sulfide) groups is 1. The molecular weight excluding hydrogens is 587 g/mol. The van der Waals surface area contributed by atoms with Crippen LogP contribution in [-0.2, 0) is 40.1 Å². The molecule has 2 aliphatic carbocycles. The molecule has 12 heteroatoms. The van der Waals surface area contributed by atoms with Crippen LogP contribution in [0.25, 0.3) is 0 Å². The number of amides is 2. The van der Waals surface area contributed by atoms with Gasteiger partial charge in [0.2, 0.25) is 11.8 Å². The zero-order valence-electron chi connectivity index (χ0n) is 24.9. The lowest BCUT2D eigenvalue weighted by molar-refractivity contribution is -0.120. The fraction of sp³-hybridized carbons (Fsp3) is 0.516. The topological polar surface area (TPSA) is 124 Å². The summed E-state index contributed by atoms with van der Waals surface area (Å²) in [6.07, 6.45) is 8.43. The number of nitrogens with one attached hydrogen (secondary N) is 2. The van der Waals surface area contributed by atoms with E-state index < -0.39 is 5.25 Å². The van der Waals surface area contributed by atoms with Crippen molar-refractivity contribution in [2.45, 2.75) is 94.6 Å². The summed E-state index contributed by atoms with van der Waals surface area (Å²) >= 11 is 2.82. The normalized spacial score (nSPS) is 15.5. The molecule has 2 aliphatic rings. The number of fused-ring (bicyclic) bond motifs is 1. The van der Waals surface area contributed by atoms with Gasteiger partial charge in [-0.3, -0.25) is 9.59 Å². The van der Waals surface area contributed by atoms with E-state index in [1.807, 2.05) is 31.2 Å². The largest absolute Gasteiger partial charge is 0.497 e. The van der Waals surface area contributed by atoms with Gasteiger partial charge in [0.15, 0.2) is 11.0 Å². The van der Waals surface area contributed by atoms with Crippen molar-refractivity contribution in [3.63, 3.8) is 0 Å². The Labute approximate surface area is 260 Å². The van der Waals surface area contributed by atoms with Crippen LogP contribution in [0.15, 0.2) is 29.4 Å². The summed E-state index contributed by atoms with van der Waals surface area (Å²) in [5.74, 6) is 0.738. The van der Waals surface area contributed by atoms with Crippen LogP contribution in [0.1, 0.15) is 90.6 Å². The van der Waals surface area contributed by atoms with Gasteiger partial charge in [-0.25, -0.2) is 4.79 Å². The number of anilines is 1. The monoisotopic (exact) mass is 625 g/mol. The molecule has 0 radical (unpaired) electrons. The average molecular weight is 626 g/mol. The van der Waals surface area contributed by atoms with Crippen molar-refractivity contribution >= 4 is 45.9 Å². The van der Waals surface area contributed by atoms with Gasteiger partial charge in [0, 0.05) is 10.9 Å². The highest BCUT2D eigenvalue weighted by atomic mass is 32.2. The third-order valence-corrected chi connectivity index (χ3v) is 10.2. The van der Waals surface area contributed by atoms with Gasteiger partial charge in [-0.15, -0.1) is 21.5 Å². The lowest BCUT2D eigenvalue weighted by Gasteiger charge is -2.26. The summed E-state index contributed by atoms with van der Waals surface area (Å²) in [5, 5.41) is 15.7. The second-order valence-corrected chi connectivity index (χ2v) is 13.3. The molecule has 230 valence electrons. The van der Waals surface area contributed by atoms with Crippen LogP contribution in [-0.4, -0.2) is 51.5 Å². The van der Waals surface area contributed by atoms with Crippen molar-refractivity contribution in [2.75, 3.05) is 19.0 Å². The molecule has 2 aromatic heterocycles. The van der Waals surface area contributed by atoms with E-state index in [9.17, 15) is 14.4 Å². The first-order chi connectivity index (χ1) is 20.9. The van der Waals surface area contributed by atoms with Crippen LogP contribution in [0.2, 0.25) is 0 Å².